The summed E-state index contributed by atoms with van der Waals surface area (Å²) in [4.78, 5) is 115. The number of ketones is 2. The summed E-state index contributed by atoms with van der Waals surface area (Å²) in [6.45, 7) is 37.0. The highest BCUT2D eigenvalue weighted by Gasteiger charge is 2.55. The summed E-state index contributed by atoms with van der Waals surface area (Å²) in [6, 6.07) is 27.0. The zero-order valence-electron chi connectivity index (χ0n) is 74.8. The molecule has 0 unspecified atom stereocenters. The van der Waals surface area contributed by atoms with E-state index in [-0.39, 0.29) is 110 Å². The van der Waals surface area contributed by atoms with Crippen molar-refractivity contribution in [2.24, 2.45) is 41.4 Å². The average molecular weight is 1760 g/mol. The number of aliphatic hydroxyl groups excluding tert-OH is 1. The van der Waals surface area contributed by atoms with Crippen molar-refractivity contribution in [2.45, 2.75) is 194 Å². The van der Waals surface area contributed by atoms with Gasteiger partial charge in [0, 0.05) is 208 Å². The van der Waals surface area contributed by atoms with E-state index in [0.29, 0.717) is 190 Å². The number of halogens is 5. The standard InChI is InChI=1S/2C27H30FN5O2.C26H31FN4O2.C20H20ClFN2O/c1-16-21-9-8-20-23(19-6-4-5-7-22(19)28)30-26(33-12-10-32(11-13-33)17(2)34)31-25(20)27(21,3)14-18-15-29-35-24(16)18;1-16-20-10-9-19-23(18-7-5-6-8-21(18)28)30-26(33-13-11-32(12-14-33)17(2)34)31-25(19)27(20,3)15-22(29-4)24(16)35;1-16-20-9-8-19-23(18-6-4-5-7-21(18)27)28-25(31-14-12-30(13-15-31)17(2)32)29-24(19)26(20,3)11-10-22(16)33;1-11-14-8-7-13-17(12-5-3-4-6-15(12)22)23-19(21)24-18(13)20(14,2)10-9-16(11)25/h4-7,15-16,21H,8-14H2,1-3H3;5-8,16,20,35H,9-15H2,1-3H3;4-7,16,20H,8-15H2,1-3H3;3-6,11,14H,7-10H2,1-2H3/t16-,21-,27-;16-,20-,27-;16-,20-,26-;11-,14-,20-/m1111/s1. The predicted molar refractivity (Wildman–Crippen MR) is 480 cm³/mol. The Morgan fingerprint density at radius 3 is 1.09 bits per heavy atom. The van der Waals surface area contributed by atoms with Crippen molar-refractivity contribution in [1.29, 1.82) is 0 Å². The van der Waals surface area contributed by atoms with Crippen LogP contribution in [0.4, 0.5) is 35.4 Å². The molecule has 0 spiro atoms. The number of amides is 3. The Bertz CT molecular complexity index is 5960. The topological polar surface area (TPSA) is 259 Å². The number of aliphatic hydroxyl groups is 1. The molecule has 2 saturated carbocycles. The normalized spacial score (nSPS) is 26.7. The Kier molecular flexibility index (Phi) is 24.4. The second-order valence-electron chi connectivity index (χ2n) is 38.0. The van der Waals surface area contributed by atoms with E-state index < -0.39 is 5.41 Å². The van der Waals surface area contributed by atoms with E-state index in [4.69, 9.17) is 52.6 Å². The first-order chi connectivity index (χ1) is 61.3. The molecule has 3 amide bonds. The Hall–Kier alpha value is -11.4. The van der Waals surface area contributed by atoms with Crippen molar-refractivity contribution in [2.75, 3.05) is 93.2 Å². The van der Waals surface area contributed by atoms with E-state index in [1.54, 1.807) is 69.3 Å². The maximum Gasteiger partial charge on any atom is 0.226 e. The minimum Gasteiger partial charge on any atom is -0.523 e. The van der Waals surface area contributed by atoms with Gasteiger partial charge < -0.3 is 39.0 Å². The van der Waals surface area contributed by atoms with E-state index in [0.717, 1.165) is 121 Å². The lowest BCUT2D eigenvalue weighted by Gasteiger charge is -2.48. The van der Waals surface area contributed by atoms with Crippen molar-refractivity contribution in [3.63, 3.8) is 0 Å². The summed E-state index contributed by atoms with van der Waals surface area (Å²) in [6.07, 6.45) is 12.2. The van der Waals surface area contributed by atoms with Crippen LogP contribution in [-0.4, -0.2) is 173 Å². The number of rotatable bonds is 7. The first-order valence-electron chi connectivity index (χ1n) is 45.4. The third-order valence-electron chi connectivity index (χ3n) is 31.0. The molecule has 20 rings (SSSR count). The smallest absolute Gasteiger partial charge is 0.226 e. The van der Waals surface area contributed by atoms with E-state index >= 15 is 8.78 Å². The first-order valence-corrected chi connectivity index (χ1v) is 45.8. The quantitative estimate of drug-likeness (QED) is 0.0883. The second-order valence-corrected chi connectivity index (χ2v) is 38.4. The Morgan fingerprint density at radius 2 is 0.742 bits per heavy atom. The van der Waals surface area contributed by atoms with Crippen LogP contribution in [-0.2, 0) is 77.7 Å². The van der Waals surface area contributed by atoms with E-state index in [9.17, 15) is 37.9 Å². The van der Waals surface area contributed by atoms with Gasteiger partial charge in [-0.05, 0) is 161 Å². The molecule has 12 atom stereocenters. The van der Waals surface area contributed by atoms with Crippen molar-refractivity contribution in [1.82, 2.24) is 59.7 Å². The van der Waals surface area contributed by atoms with Gasteiger partial charge in [-0.15, -0.1) is 0 Å². The average Bonchev–Trinajstić information content (AvgIpc) is 1.12. The number of carbonyl (C=O) groups excluding carboxylic acids is 5. The van der Waals surface area contributed by atoms with E-state index in [2.05, 4.69) is 76.2 Å². The monoisotopic (exact) mass is 1760 g/mol. The van der Waals surface area contributed by atoms with Gasteiger partial charge in [0.2, 0.25) is 46.5 Å². The molecule has 4 aromatic carbocycles. The fourth-order valence-corrected chi connectivity index (χ4v) is 23.9. The van der Waals surface area contributed by atoms with Gasteiger partial charge in [0.15, 0.2) is 0 Å². The Balaban J connectivity index is 0.000000121. The van der Waals surface area contributed by atoms with Crippen LogP contribution in [0.15, 0.2) is 119 Å². The molecular formula is C100H111ClF4N16O7. The highest BCUT2D eigenvalue weighted by atomic mass is 35.5. The minimum absolute atomic E-state index is 0.00587. The lowest BCUT2D eigenvalue weighted by molar-refractivity contribution is -0.129. The molecule has 668 valence electrons. The number of hydrogen-bond acceptors (Lipinski definition) is 19. The molecule has 9 aromatic rings. The summed E-state index contributed by atoms with van der Waals surface area (Å²) in [7, 11) is 0. The molecule has 23 nitrogen and oxygen atoms in total. The van der Waals surface area contributed by atoms with Crippen LogP contribution in [0.3, 0.4) is 0 Å². The third kappa shape index (κ3) is 15.9. The number of aromatic nitrogens is 9. The molecule has 8 aliphatic carbocycles. The number of piperazine rings is 3. The molecule has 5 aromatic heterocycles. The van der Waals surface area contributed by atoms with Crippen molar-refractivity contribution in [3.8, 4) is 45.0 Å². The minimum atomic E-state index is -0.474. The fourth-order valence-electron chi connectivity index (χ4n) is 23.7. The zero-order valence-corrected chi connectivity index (χ0v) is 75.5. The molecule has 5 fully saturated rings. The van der Waals surface area contributed by atoms with Crippen LogP contribution >= 0.6 is 11.6 Å². The maximum absolute atomic E-state index is 15.1. The van der Waals surface area contributed by atoms with Crippen LogP contribution in [0, 0.1) is 71.3 Å². The summed E-state index contributed by atoms with van der Waals surface area (Å²) >= 11 is 6.23. The van der Waals surface area contributed by atoms with Crippen LogP contribution in [0.25, 0.3) is 49.9 Å². The molecule has 0 radical (unpaired) electrons. The van der Waals surface area contributed by atoms with Crippen molar-refractivity contribution < 1.29 is 51.2 Å². The summed E-state index contributed by atoms with van der Waals surface area (Å²) in [5.74, 6) is 3.67. The first kappa shape index (κ1) is 88.6. The van der Waals surface area contributed by atoms with Crippen LogP contribution in [0.2, 0.25) is 5.28 Å². The Labute approximate surface area is 749 Å². The molecular weight excluding hydrogens is 1650 g/mol. The largest absolute Gasteiger partial charge is 0.523 e. The fraction of sp³-hybridized carbons (Fsp3) is 0.490. The maximum atomic E-state index is 15.1. The number of benzene rings is 4. The number of anilines is 3. The number of Topliss-reactive ketones (excluding diaryl/α,β-unsaturated/α-hetero) is 2. The molecule has 128 heavy (non-hydrogen) atoms. The van der Waals surface area contributed by atoms with E-state index in [1.807, 2.05) is 59.0 Å². The molecule has 28 heteroatoms. The molecule has 3 aliphatic heterocycles. The van der Waals surface area contributed by atoms with Gasteiger partial charge in [-0.1, -0.05) is 109 Å². The van der Waals surface area contributed by atoms with Gasteiger partial charge in [-0.2, -0.15) is 0 Å². The van der Waals surface area contributed by atoms with Gasteiger partial charge in [0.1, 0.15) is 40.6 Å². The molecule has 3 saturated heterocycles. The lowest BCUT2D eigenvalue weighted by atomic mass is 9.56. The van der Waals surface area contributed by atoms with Gasteiger partial charge >= 0.3 is 0 Å². The Morgan fingerprint density at radius 1 is 0.430 bits per heavy atom. The summed E-state index contributed by atoms with van der Waals surface area (Å²) in [5, 5.41) is 14.9. The highest BCUT2D eigenvalue weighted by molar-refractivity contribution is 6.28. The van der Waals surface area contributed by atoms with E-state index in [1.165, 1.54) is 24.3 Å². The molecule has 8 heterocycles. The summed E-state index contributed by atoms with van der Waals surface area (Å²) in [5.41, 5.74) is 12.6. The molecule has 1 N–H and O–H groups in total. The van der Waals surface area contributed by atoms with Crippen LogP contribution < -0.4 is 14.7 Å². The molecule has 0 bridgehead atoms. The number of nitrogens with zero attached hydrogens (tertiary/aromatic N) is 16. The number of fused-ring (bicyclic) bond motifs is 13. The number of carbonyl (C=O) groups is 5. The predicted octanol–water partition coefficient (Wildman–Crippen LogP) is 17.1. The van der Waals surface area contributed by atoms with Crippen LogP contribution in [0.1, 0.15) is 196 Å². The lowest BCUT2D eigenvalue weighted by Crippen LogP contribution is -2.50. The van der Waals surface area contributed by atoms with Crippen molar-refractivity contribution >= 4 is 58.7 Å². The third-order valence-corrected chi connectivity index (χ3v) is 31.2. The number of hydrogen-bond donors (Lipinski definition) is 1. The van der Waals surface area contributed by atoms with Gasteiger partial charge in [-0.3, -0.25) is 24.0 Å². The summed E-state index contributed by atoms with van der Waals surface area (Å²) < 4.78 is 65.0. The second kappa shape index (κ2) is 35.2. The zero-order chi connectivity index (χ0) is 90.3. The van der Waals surface area contributed by atoms with Gasteiger partial charge in [0.05, 0.1) is 64.1 Å². The number of allylic oxidation sites excluding steroid dienone is 2. The van der Waals surface area contributed by atoms with Crippen LogP contribution in [0.5, 0.6) is 0 Å². The van der Waals surface area contributed by atoms with Gasteiger partial charge in [0.25, 0.3) is 0 Å². The van der Waals surface area contributed by atoms with Gasteiger partial charge in [-0.25, -0.2) is 62.3 Å². The highest BCUT2D eigenvalue weighted by Crippen LogP contribution is 2.59. The van der Waals surface area contributed by atoms with Crippen molar-refractivity contribution in [3.05, 3.63) is 211 Å². The SMILES string of the molecule is CC(=O)N1CCN(c2nc(-c3ccccc3F)c3c(n2)[C@]2(C)CCC(=O)[C@H](C)[C@H]2CC3)CC1.CC(=O)N1CCN(c2nc(-c3ccccc3F)c3c(n2)[C@]2(C)Cc4cnoc4[C@H](C)[C@H]2CC3)CC1.C[C@H]1C(=O)CC[C@@]2(C)c3nc(Cl)nc(-c4ccccc4F)c3CC[C@H]12.[C-]#[N+]C1=C(O)[C@H](C)[C@H]2CCc3c(-c4ccccc4F)nc(N4CCN(C(C)=O)CC4)nc3[C@]2(C)C1. The molecule has 11 aliphatic rings.